The molecule has 0 saturated carbocycles. The molecule has 0 fully saturated rings. The molecule has 0 heterocycles. The molecule has 0 aromatic rings. The van der Waals surface area contributed by atoms with Gasteiger partial charge in [0.2, 0.25) is 6.10 Å². The quantitative estimate of drug-likeness (QED) is 0.0440. The Morgan fingerprint density at radius 1 is 0.523 bits per heavy atom. The zero-order valence-corrected chi connectivity index (χ0v) is 29.2. The second-order valence-corrected chi connectivity index (χ2v) is 12.6. The highest BCUT2D eigenvalue weighted by atomic mass is 16.6. The first-order valence-corrected chi connectivity index (χ1v) is 18.9. The van der Waals surface area contributed by atoms with E-state index in [1.54, 1.807) is 0 Å². The Bertz CT molecular complexity index is 671. The Balaban J connectivity index is 3.58. The van der Waals surface area contributed by atoms with Gasteiger partial charge in [-0.05, 0) is 64.2 Å². The van der Waals surface area contributed by atoms with Crippen LogP contribution in [0.5, 0.6) is 0 Å². The minimum absolute atomic E-state index is 0.275. The van der Waals surface area contributed by atoms with Crippen molar-refractivity contribution in [1.29, 1.82) is 0 Å². The Labute approximate surface area is 273 Å². The molecule has 0 aromatic carbocycles. The molecule has 258 valence electrons. The Kier molecular flexibility index (Phi) is 34.5. The van der Waals surface area contributed by atoms with E-state index in [0.717, 1.165) is 44.9 Å². The maximum absolute atomic E-state index is 12.2. The molecule has 0 spiro atoms. The van der Waals surface area contributed by atoms with Gasteiger partial charge in [-0.15, -0.1) is 0 Å². The number of aliphatic hydroxyl groups is 1. The lowest BCUT2D eigenvalue weighted by Gasteiger charge is -2.14. The van der Waals surface area contributed by atoms with Crippen molar-refractivity contribution in [2.75, 3.05) is 13.2 Å². The van der Waals surface area contributed by atoms with Crippen molar-refractivity contribution in [2.24, 2.45) is 0 Å². The minimum atomic E-state index is -1.21. The van der Waals surface area contributed by atoms with Crippen LogP contribution in [0.2, 0.25) is 0 Å². The highest BCUT2D eigenvalue weighted by molar-refractivity contribution is 5.79. The summed E-state index contributed by atoms with van der Waals surface area (Å²) in [6.07, 6.45) is 41.2. The highest BCUT2D eigenvalue weighted by Gasteiger charge is 2.23. The topological polar surface area (TPSA) is 72.8 Å². The molecular formula is C39H72O5. The molecular weight excluding hydrogens is 548 g/mol. The Morgan fingerprint density at radius 2 is 0.886 bits per heavy atom. The summed E-state index contributed by atoms with van der Waals surface area (Å²) < 4.78 is 10.4. The zero-order valence-electron chi connectivity index (χ0n) is 29.2. The van der Waals surface area contributed by atoms with Crippen LogP contribution in [0, 0.1) is 0 Å². The third-order valence-corrected chi connectivity index (χ3v) is 8.25. The number of unbranched alkanes of at least 4 members (excludes halogenated alkanes) is 23. The first kappa shape index (κ1) is 42.4. The van der Waals surface area contributed by atoms with Gasteiger partial charge in [0, 0.05) is 6.42 Å². The average molecular weight is 621 g/mol. The molecule has 1 atom stereocenters. The summed E-state index contributed by atoms with van der Waals surface area (Å²) in [5.41, 5.74) is 0. The van der Waals surface area contributed by atoms with Crippen LogP contribution in [0.1, 0.15) is 194 Å². The number of aliphatic hydroxyl groups excluding tert-OH is 1. The van der Waals surface area contributed by atoms with Crippen molar-refractivity contribution in [2.45, 2.75) is 200 Å². The number of allylic oxidation sites excluding steroid dienone is 4. The predicted octanol–water partition coefficient (Wildman–Crippen LogP) is 11.5. The normalized spacial score (nSPS) is 12.3. The van der Waals surface area contributed by atoms with E-state index in [1.807, 2.05) is 0 Å². The molecule has 0 aliphatic heterocycles. The molecule has 0 aromatic heterocycles. The molecule has 0 radical (unpaired) electrons. The molecule has 0 aliphatic carbocycles. The van der Waals surface area contributed by atoms with Crippen molar-refractivity contribution in [3.8, 4) is 0 Å². The number of carbonyl (C=O) groups excluding carboxylic acids is 2. The van der Waals surface area contributed by atoms with Gasteiger partial charge in [0.1, 0.15) is 0 Å². The van der Waals surface area contributed by atoms with E-state index in [9.17, 15) is 14.7 Å². The van der Waals surface area contributed by atoms with E-state index >= 15 is 0 Å². The molecule has 0 bridgehead atoms. The van der Waals surface area contributed by atoms with Crippen LogP contribution in [0.25, 0.3) is 0 Å². The first-order valence-electron chi connectivity index (χ1n) is 18.9. The fourth-order valence-electron chi connectivity index (χ4n) is 5.33. The van der Waals surface area contributed by atoms with E-state index in [-0.39, 0.29) is 6.42 Å². The number of carbonyl (C=O) groups is 2. The predicted molar refractivity (Wildman–Crippen MR) is 187 cm³/mol. The molecule has 1 unspecified atom stereocenters. The summed E-state index contributed by atoms with van der Waals surface area (Å²) >= 11 is 0. The third kappa shape index (κ3) is 31.8. The van der Waals surface area contributed by atoms with Crippen molar-refractivity contribution in [1.82, 2.24) is 0 Å². The van der Waals surface area contributed by atoms with E-state index in [2.05, 4.69) is 38.2 Å². The van der Waals surface area contributed by atoms with Crippen molar-refractivity contribution in [3.63, 3.8) is 0 Å². The van der Waals surface area contributed by atoms with Gasteiger partial charge in [0.25, 0.3) is 0 Å². The Hall–Kier alpha value is -1.62. The van der Waals surface area contributed by atoms with Gasteiger partial charge in [-0.1, -0.05) is 147 Å². The fourth-order valence-corrected chi connectivity index (χ4v) is 5.33. The largest absolute Gasteiger partial charge is 0.463 e. The van der Waals surface area contributed by atoms with Gasteiger partial charge in [-0.3, -0.25) is 4.79 Å². The first-order chi connectivity index (χ1) is 21.7. The second-order valence-electron chi connectivity index (χ2n) is 12.6. The summed E-state index contributed by atoms with van der Waals surface area (Å²) in [6.45, 7) is 4.29. The highest BCUT2D eigenvalue weighted by Crippen LogP contribution is 2.12. The minimum Gasteiger partial charge on any atom is -0.463 e. The summed E-state index contributed by atoms with van der Waals surface area (Å²) in [6, 6.07) is 0. The van der Waals surface area contributed by atoms with E-state index in [4.69, 9.17) is 9.47 Å². The van der Waals surface area contributed by atoms with E-state index < -0.39 is 24.6 Å². The molecule has 1 N–H and O–H groups in total. The zero-order chi connectivity index (χ0) is 32.2. The van der Waals surface area contributed by atoms with Crippen molar-refractivity contribution < 1.29 is 24.2 Å². The summed E-state index contributed by atoms with van der Waals surface area (Å²) in [7, 11) is 0. The van der Waals surface area contributed by atoms with Gasteiger partial charge in [-0.25, -0.2) is 4.79 Å². The Morgan fingerprint density at radius 3 is 1.30 bits per heavy atom. The van der Waals surface area contributed by atoms with Crippen LogP contribution in [0.4, 0.5) is 0 Å². The standard InChI is InChI=1S/C39H72O5/c1-3-5-7-9-11-13-15-17-19-21-23-25-27-29-31-33-35-43-39(42)37(36-40)44-38(41)34-32-30-28-26-24-22-20-18-16-14-12-10-8-6-4-2/h17-20,37,40H,3-16,21-36H2,1-2H3/b19-17-,20-18-. The van der Waals surface area contributed by atoms with Crippen molar-refractivity contribution >= 4 is 11.9 Å². The van der Waals surface area contributed by atoms with Crippen LogP contribution in [0.15, 0.2) is 24.3 Å². The average Bonchev–Trinajstić information content (AvgIpc) is 3.03. The number of hydrogen-bond donors (Lipinski definition) is 1. The number of rotatable bonds is 34. The molecule has 5 heteroatoms. The summed E-state index contributed by atoms with van der Waals surface area (Å²) in [4.78, 5) is 24.3. The summed E-state index contributed by atoms with van der Waals surface area (Å²) in [5, 5.41) is 9.50. The lowest BCUT2D eigenvalue weighted by Crippen LogP contribution is -2.32. The van der Waals surface area contributed by atoms with E-state index in [1.165, 1.54) is 128 Å². The maximum Gasteiger partial charge on any atom is 0.349 e. The number of ether oxygens (including phenoxy) is 2. The van der Waals surface area contributed by atoms with Crippen LogP contribution < -0.4 is 0 Å². The van der Waals surface area contributed by atoms with Crippen LogP contribution in [0.3, 0.4) is 0 Å². The molecule has 0 rings (SSSR count). The van der Waals surface area contributed by atoms with Crippen LogP contribution in [-0.2, 0) is 19.1 Å². The van der Waals surface area contributed by atoms with Gasteiger partial charge >= 0.3 is 11.9 Å². The lowest BCUT2D eigenvalue weighted by molar-refractivity contribution is -0.170. The SMILES string of the molecule is CCCCCCCC/C=C\CCCCCCCCOC(=O)C(CO)OC(=O)CCCCCCC/C=C\CCCCCCCC. The second kappa shape index (κ2) is 35.9. The third-order valence-electron chi connectivity index (χ3n) is 8.25. The van der Waals surface area contributed by atoms with Crippen LogP contribution in [-0.4, -0.2) is 36.4 Å². The monoisotopic (exact) mass is 621 g/mol. The number of esters is 2. The van der Waals surface area contributed by atoms with Gasteiger partial charge in [0.15, 0.2) is 0 Å². The molecule has 44 heavy (non-hydrogen) atoms. The molecule has 0 amide bonds. The maximum atomic E-state index is 12.2. The molecule has 5 nitrogen and oxygen atoms in total. The smallest absolute Gasteiger partial charge is 0.349 e. The van der Waals surface area contributed by atoms with Crippen molar-refractivity contribution in [3.05, 3.63) is 24.3 Å². The molecule has 0 aliphatic rings. The number of hydrogen-bond acceptors (Lipinski definition) is 5. The van der Waals surface area contributed by atoms with Crippen LogP contribution >= 0.6 is 0 Å². The lowest BCUT2D eigenvalue weighted by atomic mass is 10.1. The van der Waals surface area contributed by atoms with Gasteiger partial charge in [-0.2, -0.15) is 0 Å². The van der Waals surface area contributed by atoms with E-state index in [0.29, 0.717) is 6.61 Å². The fraction of sp³-hybridized carbons (Fsp3) is 0.846. The summed E-state index contributed by atoms with van der Waals surface area (Å²) in [5.74, 6) is -1.07. The van der Waals surface area contributed by atoms with Gasteiger partial charge in [0.05, 0.1) is 13.2 Å². The van der Waals surface area contributed by atoms with Gasteiger partial charge < -0.3 is 14.6 Å². The molecule has 0 saturated heterocycles.